The second-order valence-electron chi connectivity index (χ2n) is 19.4. The van der Waals surface area contributed by atoms with E-state index in [1.165, 1.54) is 5.56 Å². The number of nitrogens with zero attached hydrogens (tertiary/aromatic N) is 4. The lowest BCUT2D eigenvalue weighted by Crippen LogP contribution is -3.00. The first-order valence-electron chi connectivity index (χ1n) is 24.1. The second-order valence-corrected chi connectivity index (χ2v) is 20.5. The fraction of sp³-hybridized carbons (Fsp3) is 0.444. The molecule has 1 aromatic heterocycles. The van der Waals surface area contributed by atoms with Crippen LogP contribution in [-0.2, 0) is 42.9 Å². The van der Waals surface area contributed by atoms with Gasteiger partial charge in [-0.3, -0.25) is 4.79 Å². The van der Waals surface area contributed by atoms with Crippen LogP contribution in [0.15, 0.2) is 127 Å². The Morgan fingerprint density at radius 3 is 1.86 bits per heavy atom. The number of carboxylic acid groups (broad SMARTS) is 1. The van der Waals surface area contributed by atoms with E-state index in [9.17, 15) is 27.9 Å². The molecule has 1 N–H and O–H groups in total. The number of thioether (sulfide) groups is 1. The predicted molar refractivity (Wildman–Crippen MR) is 257 cm³/mol. The molecule has 5 atom stereocenters. The number of aromatic nitrogens is 2. The fourth-order valence-electron chi connectivity index (χ4n) is 10.2. The highest BCUT2D eigenvalue weighted by Crippen LogP contribution is 2.45. The van der Waals surface area contributed by atoms with Gasteiger partial charge in [0.25, 0.3) is 0 Å². The molecule has 4 aromatic carbocycles. The highest BCUT2D eigenvalue weighted by molar-refractivity contribution is 7.99. The summed E-state index contributed by atoms with van der Waals surface area (Å²) in [6.07, 6.45) is 6.16. The molecule has 2 saturated heterocycles. The van der Waals surface area contributed by atoms with E-state index in [-0.39, 0.29) is 41.1 Å². The highest BCUT2D eigenvalue weighted by Gasteiger charge is 2.50. The quantitative estimate of drug-likeness (QED) is 0.0702. The largest absolute Gasteiger partial charge is 1.00 e. The number of para-hydroxylation sites is 2. The molecule has 17 heteroatoms. The number of hydrogen-bond donors (Lipinski definition) is 1. The number of aliphatic hydroxyl groups is 1. The van der Waals surface area contributed by atoms with Crippen molar-refractivity contribution in [2.75, 3.05) is 59.1 Å². The molecule has 71 heavy (non-hydrogen) atoms. The van der Waals surface area contributed by atoms with Gasteiger partial charge in [-0.25, -0.2) is 9.78 Å². The molecule has 382 valence electrons. The van der Waals surface area contributed by atoms with Crippen molar-refractivity contribution >= 4 is 29.7 Å². The van der Waals surface area contributed by atoms with Crippen LogP contribution in [0.5, 0.6) is 11.5 Å². The molecule has 3 fully saturated rings. The van der Waals surface area contributed by atoms with Crippen LogP contribution < -0.4 is 26.8 Å². The smallest absolute Gasteiger partial charge is 0.430 e. The number of hydrogen-bond acceptors (Lipinski definition) is 10. The van der Waals surface area contributed by atoms with E-state index in [2.05, 4.69) is 49.4 Å². The number of ether oxygens (including phenoxy) is 3. The highest BCUT2D eigenvalue weighted by atomic mass is 79.9. The molecule has 0 amide bonds. The number of rotatable bonds is 14. The summed E-state index contributed by atoms with van der Waals surface area (Å²) < 4.78 is 53.6. The van der Waals surface area contributed by atoms with Gasteiger partial charge in [0.1, 0.15) is 36.5 Å². The Labute approximate surface area is 429 Å². The number of carboxylic acids is 1. The van der Waals surface area contributed by atoms with Gasteiger partial charge in [0.15, 0.2) is 23.0 Å². The molecular formula is C54H64BrF3N4O8S. The van der Waals surface area contributed by atoms with Crippen molar-refractivity contribution in [3.63, 3.8) is 0 Å². The van der Waals surface area contributed by atoms with Gasteiger partial charge in [0.05, 0.1) is 40.3 Å². The number of aryl methyl sites for hydroxylation is 1. The maximum atomic E-state index is 13.4. The molecule has 4 aliphatic rings. The number of halogens is 4. The predicted octanol–water partition coefficient (Wildman–Crippen LogP) is 4.97. The Kier molecular flexibility index (Phi) is 19.0. The first-order chi connectivity index (χ1) is 33.5. The average molecular weight is 1070 g/mol. The van der Waals surface area contributed by atoms with Crippen LogP contribution in [0, 0.1) is 5.92 Å². The van der Waals surface area contributed by atoms with Crippen LogP contribution in [0.2, 0.25) is 0 Å². The van der Waals surface area contributed by atoms with Crippen molar-refractivity contribution in [3.8, 4) is 11.5 Å². The van der Waals surface area contributed by atoms with Gasteiger partial charge in [-0.1, -0.05) is 122 Å². The summed E-state index contributed by atoms with van der Waals surface area (Å²) in [7, 11) is 6.54. The Bertz CT molecular complexity index is 2490. The van der Waals surface area contributed by atoms with Gasteiger partial charge in [-0.2, -0.15) is 13.2 Å². The van der Waals surface area contributed by atoms with Crippen LogP contribution in [-0.4, -0.2) is 119 Å². The van der Waals surface area contributed by atoms with E-state index in [4.69, 9.17) is 24.1 Å². The summed E-state index contributed by atoms with van der Waals surface area (Å²) >= 11 is 1.79. The van der Waals surface area contributed by atoms with Crippen LogP contribution in [0.3, 0.4) is 0 Å². The number of imidazole rings is 1. The third-order valence-corrected chi connectivity index (χ3v) is 15.2. The van der Waals surface area contributed by atoms with E-state index >= 15 is 0 Å². The number of likely N-dealkylation sites (N-methyl/N-ethyl adjacent to an activating group) is 2. The van der Waals surface area contributed by atoms with Gasteiger partial charge < -0.3 is 59.7 Å². The van der Waals surface area contributed by atoms with E-state index < -0.39 is 29.6 Å². The molecule has 0 radical (unpaired) electrons. The summed E-state index contributed by atoms with van der Waals surface area (Å²) in [4.78, 5) is 39.9. The molecule has 0 spiro atoms. The van der Waals surface area contributed by atoms with Crippen molar-refractivity contribution < 1.29 is 77.9 Å². The zero-order valence-corrected chi connectivity index (χ0v) is 42.9. The second kappa shape index (κ2) is 24.5. The monoisotopic (exact) mass is 1060 g/mol. The minimum Gasteiger partial charge on any atom is -1.00 e. The number of likely N-dealkylation sites (tertiary alicyclic amines) is 2. The van der Waals surface area contributed by atoms with Crippen LogP contribution in [0.1, 0.15) is 73.1 Å². The summed E-state index contributed by atoms with van der Waals surface area (Å²) in [5.41, 5.74) is 2.25. The van der Waals surface area contributed by atoms with Crippen molar-refractivity contribution in [3.05, 3.63) is 144 Å². The third-order valence-electron chi connectivity index (χ3n) is 14.1. The van der Waals surface area contributed by atoms with Gasteiger partial charge in [-0.05, 0) is 36.1 Å². The first-order valence-corrected chi connectivity index (χ1v) is 25.1. The summed E-state index contributed by atoms with van der Waals surface area (Å²) in [6, 6.07) is 35.5. The molecule has 12 nitrogen and oxygen atoms in total. The summed E-state index contributed by atoms with van der Waals surface area (Å²) in [5, 5.41) is 21.5. The summed E-state index contributed by atoms with van der Waals surface area (Å²) in [5.74, 6) is -1.65. The zero-order chi connectivity index (χ0) is 49.9. The Hall–Kier alpha value is -5.20. The number of benzene rings is 4. The van der Waals surface area contributed by atoms with Crippen molar-refractivity contribution in [1.82, 2.24) is 9.55 Å². The molecule has 0 bridgehead atoms. The standard InChI is InChI=1S/C27H28NO3.C25H36N3O3S.C2HF3O2.BrH/c1-28(17-15-20-9-3-2-4-10-20)18-16-21(19-28)30-27(29)26-22-11-5-7-13-24(22)31-25-14-8-6-12-23(25)26;1-27-15-14-26-24(27)32-18-8-16-28(2)17-13-22(19-28)31-23(29)25(30,21-11-6-7-12-21)20-9-4-3-5-10-20;3-2(4,5)1(6)7;/h2-14,21,26H,15-19H2,1H3;3-5,9-10,14-15,21-22,30H,6-8,11-13,16-19H2,1-2H3;(H,6,7);1H/q2*+1;;/p-2. The number of alkyl halides is 3. The van der Waals surface area contributed by atoms with E-state index in [0.717, 1.165) is 133 Å². The number of esters is 2. The van der Waals surface area contributed by atoms with E-state index in [0.29, 0.717) is 5.56 Å². The van der Waals surface area contributed by atoms with Gasteiger partial charge in [0.2, 0.25) is 0 Å². The lowest BCUT2D eigenvalue weighted by molar-refractivity contribution is -0.898. The van der Waals surface area contributed by atoms with Crippen molar-refractivity contribution in [2.24, 2.45) is 13.0 Å². The molecule has 5 aromatic rings. The van der Waals surface area contributed by atoms with E-state index in [1.807, 2.05) is 103 Å². The molecule has 4 heterocycles. The summed E-state index contributed by atoms with van der Waals surface area (Å²) in [6.45, 7) is 5.82. The van der Waals surface area contributed by atoms with Crippen molar-refractivity contribution in [2.45, 2.75) is 86.4 Å². The van der Waals surface area contributed by atoms with Gasteiger partial charge in [0, 0.05) is 67.9 Å². The Morgan fingerprint density at radius 2 is 1.31 bits per heavy atom. The van der Waals surface area contributed by atoms with E-state index in [1.54, 1.807) is 11.8 Å². The lowest BCUT2D eigenvalue weighted by atomic mass is 9.80. The SMILES string of the molecule is C[N+]1(CCc2ccccc2)CCC(OC(=O)C2c3ccccc3Oc3ccccc32)C1.Cn1ccnc1SCCC[N+]1(C)CCC(OC(=O)C(O)(c2ccccc2)C2CCCC2)C1.O=C([O-])C(F)(F)F.[Br-]. The van der Waals surface area contributed by atoms with Gasteiger partial charge >= 0.3 is 18.1 Å². The average Bonchev–Trinajstić information content (AvgIpc) is 4.19. The Balaban J connectivity index is 0.000000203. The number of quaternary nitrogens is 2. The lowest BCUT2D eigenvalue weighted by Gasteiger charge is -2.33. The fourth-order valence-corrected chi connectivity index (χ4v) is 11.1. The molecule has 3 aliphatic heterocycles. The molecule has 1 aliphatic carbocycles. The van der Waals surface area contributed by atoms with Crippen LogP contribution in [0.4, 0.5) is 13.2 Å². The number of fused-ring (bicyclic) bond motifs is 2. The topological polar surface area (TPSA) is 140 Å². The minimum atomic E-state index is -5.19. The van der Waals surface area contributed by atoms with Crippen LogP contribution in [0.25, 0.3) is 0 Å². The third kappa shape index (κ3) is 14.3. The molecule has 9 rings (SSSR count). The molecule has 1 saturated carbocycles. The van der Waals surface area contributed by atoms with Crippen LogP contribution >= 0.6 is 11.8 Å². The minimum absolute atomic E-state index is 0. The zero-order valence-electron chi connectivity index (χ0n) is 40.5. The number of carbonyl (C=O) groups is 3. The maximum Gasteiger partial charge on any atom is 0.430 e. The van der Waals surface area contributed by atoms with Crippen molar-refractivity contribution in [1.29, 1.82) is 0 Å². The number of carbonyl (C=O) groups excluding carboxylic acids is 3. The first kappa shape index (κ1) is 55.1. The maximum absolute atomic E-state index is 13.4. The van der Waals surface area contributed by atoms with Gasteiger partial charge in [-0.15, -0.1) is 0 Å². The molecular weight excluding hydrogens is 1000 g/mol. The normalized spacial score (nSPS) is 22.4. The Morgan fingerprint density at radius 1 is 0.789 bits per heavy atom. The molecule has 5 unspecified atom stereocenters. The number of aliphatic carboxylic acids is 1.